The molecular formula is C63H35N3O2S. The summed E-state index contributed by atoms with van der Waals surface area (Å²) in [5, 5.41) is 13.9. The van der Waals surface area contributed by atoms with Crippen LogP contribution in [0.1, 0.15) is 0 Å². The van der Waals surface area contributed by atoms with Crippen LogP contribution in [-0.2, 0) is 0 Å². The first kappa shape index (κ1) is 38.2. The highest BCUT2D eigenvalue weighted by molar-refractivity contribution is 7.25. The number of furan rings is 2. The van der Waals surface area contributed by atoms with Gasteiger partial charge in [-0.25, -0.2) is 15.0 Å². The second kappa shape index (κ2) is 14.8. The topological polar surface area (TPSA) is 65.0 Å². The molecule has 0 aliphatic carbocycles. The Bertz CT molecular complexity index is 4590. The fourth-order valence-electron chi connectivity index (χ4n) is 10.7. The van der Waals surface area contributed by atoms with Crippen LogP contribution in [0.3, 0.4) is 0 Å². The Hall–Kier alpha value is -8.97. The Morgan fingerprint density at radius 2 is 0.812 bits per heavy atom. The molecule has 15 rings (SSSR count). The number of aromatic nitrogens is 3. The number of nitrogens with zero attached hydrogens (tertiary/aromatic N) is 3. The number of rotatable bonds is 5. The zero-order valence-corrected chi connectivity index (χ0v) is 37.6. The molecular weight excluding hydrogens is 863 g/mol. The molecule has 15 aromatic rings. The maximum Gasteiger partial charge on any atom is 0.164 e. The van der Waals surface area contributed by atoms with E-state index in [-0.39, 0.29) is 0 Å². The summed E-state index contributed by atoms with van der Waals surface area (Å²) in [6, 6.07) is 75.1. The fourth-order valence-corrected chi connectivity index (χ4v) is 11.9. The number of hydrogen-bond donors (Lipinski definition) is 0. The van der Waals surface area contributed by atoms with E-state index in [1.807, 2.05) is 47.7 Å². The SMILES string of the molecule is c1ccc(-c2nc(-c3ccc4c5ccccc5c5ccccc5c4c3)nc(-c3cccc4oc5ccc(-c6cc(-c7ccc8c(c7)sc7ccccc78)cc7oc8ccccc8c67)cc5c34)n2)cc1. The molecule has 0 atom stereocenters. The predicted octanol–water partition coefficient (Wildman–Crippen LogP) is 17.8. The molecule has 0 aliphatic rings. The molecule has 11 aromatic carbocycles. The van der Waals surface area contributed by atoms with Crippen LogP contribution < -0.4 is 0 Å². The third kappa shape index (κ3) is 5.92. The number of benzene rings is 11. The molecule has 0 saturated heterocycles. The van der Waals surface area contributed by atoms with Crippen LogP contribution in [0.5, 0.6) is 0 Å². The van der Waals surface area contributed by atoms with Crippen molar-refractivity contribution < 1.29 is 8.83 Å². The van der Waals surface area contributed by atoms with E-state index in [2.05, 4.69) is 176 Å². The quantitative estimate of drug-likeness (QED) is 0.161. The average Bonchev–Trinajstić information content (AvgIpc) is 4.11. The van der Waals surface area contributed by atoms with E-state index in [9.17, 15) is 0 Å². The lowest BCUT2D eigenvalue weighted by Crippen LogP contribution is -2.00. The minimum atomic E-state index is 0.572. The van der Waals surface area contributed by atoms with Crippen molar-refractivity contribution >= 4 is 108 Å². The molecule has 4 aromatic heterocycles. The highest BCUT2D eigenvalue weighted by Crippen LogP contribution is 2.45. The Labute approximate surface area is 398 Å². The van der Waals surface area contributed by atoms with Gasteiger partial charge in [-0.15, -0.1) is 11.3 Å². The van der Waals surface area contributed by atoms with Crippen LogP contribution in [0.4, 0.5) is 0 Å². The van der Waals surface area contributed by atoms with Gasteiger partial charge in [-0.05, 0) is 109 Å². The molecule has 0 fully saturated rings. The molecule has 0 bridgehead atoms. The lowest BCUT2D eigenvalue weighted by atomic mass is 9.93. The molecule has 6 heteroatoms. The van der Waals surface area contributed by atoms with Crippen LogP contribution in [0.15, 0.2) is 221 Å². The van der Waals surface area contributed by atoms with Gasteiger partial charge in [-0.1, -0.05) is 158 Å². The van der Waals surface area contributed by atoms with Gasteiger partial charge < -0.3 is 8.83 Å². The van der Waals surface area contributed by atoms with Gasteiger partial charge in [0.2, 0.25) is 0 Å². The highest BCUT2D eigenvalue weighted by Gasteiger charge is 2.21. The molecule has 0 radical (unpaired) electrons. The molecule has 0 unspecified atom stereocenters. The first-order valence-corrected chi connectivity index (χ1v) is 24.0. The normalized spacial score (nSPS) is 12.1. The van der Waals surface area contributed by atoms with Crippen molar-refractivity contribution in [1.29, 1.82) is 0 Å². The van der Waals surface area contributed by atoms with E-state index >= 15 is 0 Å². The summed E-state index contributed by atoms with van der Waals surface area (Å²) in [7, 11) is 0. The zero-order valence-electron chi connectivity index (χ0n) is 36.8. The Morgan fingerprint density at radius 3 is 1.62 bits per heavy atom. The van der Waals surface area contributed by atoms with Crippen molar-refractivity contribution in [3.05, 3.63) is 212 Å². The van der Waals surface area contributed by atoms with E-state index < -0.39 is 0 Å². The lowest BCUT2D eigenvalue weighted by Gasteiger charge is -2.13. The van der Waals surface area contributed by atoms with Gasteiger partial charge in [-0.3, -0.25) is 0 Å². The van der Waals surface area contributed by atoms with Crippen molar-refractivity contribution in [3.8, 4) is 56.4 Å². The summed E-state index contributed by atoms with van der Waals surface area (Å²) >= 11 is 1.83. The van der Waals surface area contributed by atoms with E-state index in [4.69, 9.17) is 23.8 Å². The lowest BCUT2D eigenvalue weighted by molar-refractivity contribution is 0.669. The summed E-state index contributed by atoms with van der Waals surface area (Å²) in [4.78, 5) is 15.8. The number of fused-ring (bicyclic) bond motifs is 15. The number of thiophene rings is 1. The van der Waals surface area contributed by atoms with E-state index in [0.717, 1.165) is 88.2 Å². The van der Waals surface area contributed by atoms with Crippen molar-refractivity contribution in [2.45, 2.75) is 0 Å². The first-order chi connectivity index (χ1) is 34.2. The standard InChI is InChI=1S/C63H35N3O2S/c1-2-13-36(14-3-1)61-64-62(39-26-28-45-43-17-5-4-15-41(43)42-16-6-7-18-44(42)51(45)32-39)66-63(65-61)49-21-12-23-55-60(49)52-31-38(27-30-54(52)67-55)50-33-40(34-56-59(50)48-20-8-10-22-53(48)68-56)37-25-29-47-46-19-9-11-24-57(46)69-58(47)35-37/h1-35H. The Morgan fingerprint density at radius 1 is 0.261 bits per heavy atom. The minimum Gasteiger partial charge on any atom is -0.456 e. The van der Waals surface area contributed by atoms with Gasteiger partial charge in [0.25, 0.3) is 0 Å². The molecule has 0 spiro atoms. The molecule has 69 heavy (non-hydrogen) atoms. The van der Waals surface area contributed by atoms with Gasteiger partial charge in [-0.2, -0.15) is 0 Å². The van der Waals surface area contributed by atoms with Gasteiger partial charge in [0.1, 0.15) is 22.3 Å². The predicted molar refractivity (Wildman–Crippen MR) is 287 cm³/mol. The summed E-state index contributed by atoms with van der Waals surface area (Å²) in [5.74, 6) is 1.77. The Kier molecular flexibility index (Phi) is 8.17. The smallest absolute Gasteiger partial charge is 0.164 e. The van der Waals surface area contributed by atoms with Crippen molar-refractivity contribution in [3.63, 3.8) is 0 Å². The van der Waals surface area contributed by atoms with Gasteiger partial charge in [0.15, 0.2) is 17.5 Å². The summed E-state index contributed by atoms with van der Waals surface area (Å²) in [6.45, 7) is 0. The highest BCUT2D eigenvalue weighted by atomic mass is 32.1. The maximum atomic E-state index is 6.67. The van der Waals surface area contributed by atoms with Crippen LogP contribution in [-0.4, -0.2) is 15.0 Å². The van der Waals surface area contributed by atoms with Crippen LogP contribution in [0, 0.1) is 0 Å². The van der Waals surface area contributed by atoms with E-state index in [0.29, 0.717) is 17.5 Å². The van der Waals surface area contributed by atoms with Crippen molar-refractivity contribution in [2.75, 3.05) is 0 Å². The first-order valence-electron chi connectivity index (χ1n) is 23.1. The fraction of sp³-hybridized carbons (Fsp3) is 0. The minimum absolute atomic E-state index is 0.572. The Balaban J connectivity index is 0.935. The number of para-hydroxylation sites is 1. The molecule has 0 N–H and O–H groups in total. The monoisotopic (exact) mass is 897 g/mol. The third-order valence-electron chi connectivity index (χ3n) is 13.9. The van der Waals surface area contributed by atoms with Gasteiger partial charge in [0.05, 0.1) is 0 Å². The molecule has 5 nitrogen and oxygen atoms in total. The summed E-state index contributed by atoms with van der Waals surface area (Å²) < 4.78 is 15.9. The maximum absolute atomic E-state index is 6.67. The summed E-state index contributed by atoms with van der Waals surface area (Å²) in [6.07, 6.45) is 0. The summed E-state index contributed by atoms with van der Waals surface area (Å²) in [5.41, 5.74) is 10.3. The van der Waals surface area contributed by atoms with Crippen LogP contribution >= 0.6 is 11.3 Å². The largest absolute Gasteiger partial charge is 0.456 e. The second-order valence-electron chi connectivity index (χ2n) is 17.8. The molecule has 320 valence electrons. The second-order valence-corrected chi connectivity index (χ2v) is 18.9. The molecule has 0 amide bonds. The average molecular weight is 898 g/mol. The molecule has 4 heterocycles. The van der Waals surface area contributed by atoms with Gasteiger partial charge >= 0.3 is 0 Å². The van der Waals surface area contributed by atoms with Crippen molar-refractivity contribution in [2.24, 2.45) is 0 Å². The van der Waals surface area contributed by atoms with E-state index in [1.165, 1.54) is 47.1 Å². The van der Waals surface area contributed by atoms with Crippen LogP contribution in [0.25, 0.3) is 153 Å². The van der Waals surface area contributed by atoms with Gasteiger partial charge in [0, 0.05) is 58.4 Å². The molecule has 0 aliphatic heterocycles. The third-order valence-corrected chi connectivity index (χ3v) is 15.0. The van der Waals surface area contributed by atoms with Crippen LogP contribution in [0.2, 0.25) is 0 Å². The molecule has 0 saturated carbocycles. The zero-order chi connectivity index (χ0) is 45.2. The number of hydrogen-bond acceptors (Lipinski definition) is 6. The van der Waals surface area contributed by atoms with Crippen molar-refractivity contribution in [1.82, 2.24) is 15.0 Å². The van der Waals surface area contributed by atoms with E-state index in [1.54, 1.807) is 0 Å².